The SMILES string of the molecule is CC(C)(C)OC=O.Nc1nc2ccncc2n1C1CCCNC1. The van der Waals surface area contributed by atoms with E-state index in [0.29, 0.717) is 18.5 Å². The molecule has 0 aliphatic carbocycles. The molecule has 126 valence electrons. The number of carbonyl (C=O) groups is 1. The molecule has 0 saturated carbocycles. The number of carbonyl (C=O) groups excluding carboxylic acids is 1. The maximum atomic E-state index is 9.60. The molecule has 0 amide bonds. The smallest absolute Gasteiger partial charge is 0.293 e. The van der Waals surface area contributed by atoms with Crippen LogP contribution >= 0.6 is 0 Å². The number of piperidine rings is 1. The Morgan fingerprint density at radius 2 is 2.26 bits per heavy atom. The number of nitrogens with one attached hydrogen (secondary N) is 1. The standard InChI is InChI=1S/C11H15N5.C5H10O2/c12-11-15-9-3-5-14-7-10(9)16(11)8-2-1-4-13-6-8;1-5(2,3)7-4-6/h3,5,7-8,13H,1-2,4,6H2,(H2,12,15);4H,1-3H3. The van der Waals surface area contributed by atoms with Gasteiger partial charge in [0.25, 0.3) is 6.47 Å². The number of rotatable bonds is 2. The second-order valence-electron chi connectivity index (χ2n) is 6.53. The molecule has 1 aliphatic heterocycles. The number of aromatic nitrogens is 3. The lowest BCUT2D eigenvalue weighted by Crippen LogP contribution is -2.32. The average molecular weight is 319 g/mol. The summed E-state index contributed by atoms with van der Waals surface area (Å²) in [6.07, 6.45) is 5.92. The minimum atomic E-state index is -0.318. The summed E-state index contributed by atoms with van der Waals surface area (Å²) in [6.45, 7) is 7.98. The Balaban J connectivity index is 0.000000236. The summed E-state index contributed by atoms with van der Waals surface area (Å²) in [6, 6.07) is 2.31. The minimum absolute atomic E-state index is 0.318. The van der Waals surface area contributed by atoms with Crippen LogP contribution in [0.3, 0.4) is 0 Å². The summed E-state index contributed by atoms with van der Waals surface area (Å²) in [7, 11) is 0. The molecule has 2 aromatic heterocycles. The Labute approximate surface area is 136 Å². The fraction of sp³-hybridized carbons (Fsp3) is 0.562. The Kier molecular flexibility index (Phi) is 5.54. The van der Waals surface area contributed by atoms with Crippen molar-refractivity contribution in [3.8, 4) is 0 Å². The third-order valence-corrected chi connectivity index (χ3v) is 3.56. The Morgan fingerprint density at radius 3 is 2.83 bits per heavy atom. The van der Waals surface area contributed by atoms with Gasteiger partial charge in [0.15, 0.2) is 0 Å². The topological polar surface area (TPSA) is 95.1 Å². The molecule has 1 saturated heterocycles. The van der Waals surface area contributed by atoms with Gasteiger partial charge in [0, 0.05) is 18.8 Å². The molecule has 1 fully saturated rings. The summed E-state index contributed by atoms with van der Waals surface area (Å²) >= 11 is 0. The fourth-order valence-electron chi connectivity index (χ4n) is 2.54. The predicted molar refractivity (Wildman–Crippen MR) is 90.0 cm³/mol. The van der Waals surface area contributed by atoms with E-state index in [9.17, 15) is 4.79 Å². The normalized spacial score (nSPS) is 18.1. The van der Waals surface area contributed by atoms with Gasteiger partial charge in [-0.05, 0) is 46.2 Å². The first-order valence-corrected chi connectivity index (χ1v) is 7.82. The third-order valence-electron chi connectivity index (χ3n) is 3.56. The second kappa shape index (κ2) is 7.41. The van der Waals surface area contributed by atoms with Gasteiger partial charge >= 0.3 is 0 Å². The number of nitrogens with two attached hydrogens (primary N) is 1. The van der Waals surface area contributed by atoms with Gasteiger partial charge in [0.05, 0.1) is 17.2 Å². The number of anilines is 1. The van der Waals surface area contributed by atoms with Crippen LogP contribution in [-0.4, -0.2) is 39.7 Å². The van der Waals surface area contributed by atoms with Gasteiger partial charge in [0.2, 0.25) is 5.95 Å². The van der Waals surface area contributed by atoms with E-state index < -0.39 is 0 Å². The van der Waals surface area contributed by atoms with Crippen LogP contribution in [0.2, 0.25) is 0 Å². The molecule has 1 atom stereocenters. The maximum absolute atomic E-state index is 9.60. The van der Waals surface area contributed by atoms with E-state index in [2.05, 4.69) is 24.6 Å². The highest BCUT2D eigenvalue weighted by atomic mass is 16.5. The summed E-state index contributed by atoms with van der Waals surface area (Å²) in [5.41, 5.74) is 7.63. The van der Waals surface area contributed by atoms with E-state index in [-0.39, 0.29) is 5.60 Å². The molecule has 3 rings (SSSR count). The minimum Gasteiger partial charge on any atom is -0.462 e. The molecule has 3 N–H and O–H groups in total. The molecule has 0 aromatic carbocycles. The molecule has 23 heavy (non-hydrogen) atoms. The van der Waals surface area contributed by atoms with Crippen molar-refractivity contribution in [2.45, 2.75) is 45.3 Å². The Morgan fingerprint density at radius 1 is 1.48 bits per heavy atom. The van der Waals surface area contributed by atoms with E-state index >= 15 is 0 Å². The Bertz CT molecular complexity index is 641. The van der Waals surface area contributed by atoms with Gasteiger partial charge < -0.3 is 20.4 Å². The maximum Gasteiger partial charge on any atom is 0.293 e. The first-order valence-electron chi connectivity index (χ1n) is 7.82. The molecule has 7 heteroatoms. The van der Waals surface area contributed by atoms with Crippen LogP contribution < -0.4 is 11.1 Å². The highest BCUT2D eigenvalue weighted by molar-refractivity contribution is 5.77. The van der Waals surface area contributed by atoms with Crippen molar-refractivity contribution in [2.24, 2.45) is 0 Å². The van der Waals surface area contributed by atoms with Gasteiger partial charge in [0.1, 0.15) is 5.60 Å². The number of hydrogen-bond donors (Lipinski definition) is 2. The monoisotopic (exact) mass is 319 g/mol. The molecule has 3 heterocycles. The highest BCUT2D eigenvalue weighted by Crippen LogP contribution is 2.25. The quantitative estimate of drug-likeness (QED) is 0.821. The van der Waals surface area contributed by atoms with Crippen molar-refractivity contribution in [2.75, 3.05) is 18.8 Å². The Hall–Kier alpha value is -2.15. The molecule has 7 nitrogen and oxygen atoms in total. The van der Waals surface area contributed by atoms with Crippen LogP contribution in [0.15, 0.2) is 18.5 Å². The molecule has 0 bridgehead atoms. The van der Waals surface area contributed by atoms with Crippen molar-refractivity contribution >= 4 is 23.5 Å². The molecule has 2 aromatic rings. The number of ether oxygens (including phenoxy) is 1. The summed E-state index contributed by atoms with van der Waals surface area (Å²) in [5, 5.41) is 3.39. The number of nitrogen functional groups attached to an aromatic ring is 1. The van der Waals surface area contributed by atoms with E-state index in [0.717, 1.165) is 30.5 Å². The van der Waals surface area contributed by atoms with E-state index in [1.165, 1.54) is 6.42 Å². The molecule has 0 radical (unpaired) electrons. The van der Waals surface area contributed by atoms with Gasteiger partial charge in [-0.3, -0.25) is 9.78 Å². The zero-order valence-electron chi connectivity index (χ0n) is 14.0. The predicted octanol–water partition coefficient (Wildman–Crippen LogP) is 1.90. The lowest BCUT2D eigenvalue weighted by Gasteiger charge is -2.25. The van der Waals surface area contributed by atoms with E-state index in [4.69, 9.17) is 5.73 Å². The first-order chi connectivity index (χ1) is 10.9. The third kappa shape index (κ3) is 4.66. The van der Waals surface area contributed by atoms with Crippen molar-refractivity contribution < 1.29 is 9.53 Å². The van der Waals surface area contributed by atoms with Crippen LogP contribution in [0.4, 0.5) is 5.95 Å². The largest absolute Gasteiger partial charge is 0.462 e. The number of fused-ring (bicyclic) bond motifs is 1. The number of imidazole rings is 1. The molecule has 1 aliphatic rings. The van der Waals surface area contributed by atoms with Crippen LogP contribution in [0.25, 0.3) is 11.0 Å². The number of pyridine rings is 1. The lowest BCUT2D eigenvalue weighted by atomic mass is 10.1. The van der Waals surface area contributed by atoms with Crippen molar-refractivity contribution in [1.82, 2.24) is 19.9 Å². The first kappa shape index (κ1) is 17.2. The number of nitrogens with zero attached hydrogens (tertiary/aromatic N) is 3. The van der Waals surface area contributed by atoms with Crippen LogP contribution in [0.1, 0.15) is 39.7 Å². The average Bonchev–Trinajstić information content (AvgIpc) is 2.83. The van der Waals surface area contributed by atoms with Gasteiger partial charge in [-0.2, -0.15) is 0 Å². The van der Waals surface area contributed by atoms with E-state index in [1.807, 2.05) is 33.0 Å². The lowest BCUT2D eigenvalue weighted by molar-refractivity contribution is -0.138. The van der Waals surface area contributed by atoms with Crippen molar-refractivity contribution in [3.63, 3.8) is 0 Å². The molecular weight excluding hydrogens is 294 g/mol. The molecular formula is C16H25N5O2. The summed E-state index contributed by atoms with van der Waals surface area (Å²) < 4.78 is 6.65. The van der Waals surface area contributed by atoms with Crippen LogP contribution in [0.5, 0.6) is 0 Å². The summed E-state index contributed by atoms with van der Waals surface area (Å²) in [4.78, 5) is 18.1. The van der Waals surface area contributed by atoms with Gasteiger partial charge in [-0.25, -0.2) is 4.98 Å². The molecule has 0 spiro atoms. The highest BCUT2D eigenvalue weighted by Gasteiger charge is 2.19. The van der Waals surface area contributed by atoms with Crippen molar-refractivity contribution in [1.29, 1.82) is 0 Å². The summed E-state index contributed by atoms with van der Waals surface area (Å²) in [5.74, 6) is 0.594. The fourth-order valence-corrected chi connectivity index (χ4v) is 2.54. The van der Waals surface area contributed by atoms with Gasteiger partial charge in [-0.1, -0.05) is 0 Å². The second-order valence-corrected chi connectivity index (χ2v) is 6.53. The van der Waals surface area contributed by atoms with E-state index in [1.54, 1.807) is 6.20 Å². The molecule has 1 unspecified atom stereocenters. The zero-order valence-corrected chi connectivity index (χ0v) is 14.0. The van der Waals surface area contributed by atoms with Crippen LogP contribution in [0, 0.1) is 0 Å². The number of hydrogen-bond acceptors (Lipinski definition) is 6. The zero-order chi connectivity index (χ0) is 16.9. The van der Waals surface area contributed by atoms with Gasteiger partial charge in [-0.15, -0.1) is 0 Å². The van der Waals surface area contributed by atoms with Crippen LogP contribution in [-0.2, 0) is 9.53 Å². The van der Waals surface area contributed by atoms with Crippen molar-refractivity contribution in [3.05, 3.63) is 18.5 Å².